The van der Waals surface area contributed by atoms with Gasteiger partial charge in [-0.25, -0.2) is 0 Å². The maximum Gasteiger partial charge on any atom is 0.353 e. The van der Waals surface area contributed by atoms with Crippen molar-refractivity contribution in [2.75, 3.05) is 12.4 Å². The lowest BCUT2D eigenvalue weighted by Crippen LogP contribution is -2.16. The third kappa shape index (κ3) is 4.80. The molecule has 0 heterocycles. The maximum atomic E-state index is 11.6. The minimum absolute atomic E-state index is 0.326. The molecule has 0 saturated carbocycles. The number of rotatable bonds is 5. The van der Waals surface area contributed by atoms with Crippen molar-refractivity contribution in [2.24, 2.45) is 0 Å². The molecular weight excluding hydrogens is 197 g/mol. The molecule has 0 bridgehead atoms. The fourth-order valence-electron chi connectivity index (χ4n) is 0.635. The monoisotopic (exact) mass is 211 g/mol. The lowest BCUT2D eigenvalue weighted by molar-refractivity contribution is -0.117. The number of nitrogens with one attached hydrogen (secondary N) is 1. The van der Waals surface area contributed by atoms with Crippen LogP contribution in [0, 0.1) is 0 Å². The first-order valence-corrected chi connectivity index (χ1v) is 6.93. The molecule has 1 N–H and O–H groups in total. The average molecular weight is 211 g/mol. The smallest absolute Gasteiger partial charge is 0.306 e. The van der Waals surface area contributed by atoms with Crippen LogP contribution < -0.4 is 5.09 Å². The molecule has 0 aromatic carbocycles. The summed E-state index contributed by atoms with van der Waals surface area (Å²) in [5, 5.41) is 2.32. The SMILES string of the molecule is CCOP(=O)(NC(C)=O)SCC. The van der Waals surface area contributed by atoms with Gasteiger partial charge in [-0.2, -0.15) is 0 Å². The summed E-state index contributed by atoms with van der Waals surface area (Å²) in [6.45, 7) is 2.30. The molecule has 72 valence electrons. The van der Waals surface area contributed by atoms with Crippen molar-refractivity contribution >= 4 is 24.0 Å². The number of hydrogen-bond acceptors (Lipinski definition) is 4. The van der Waals surface area contributed by atoms with E-state index in [2.05, 4.69) is 5.09 Å². The van der Waals surface area contributed by atoms with Crippen LogP contribution in [0.15, 0.2) is 0 Å². The van der Waals surface area contributed by atoms with Gasteiger partial charge in [0.15, 0.2) is 0 Å². The molecule has 4 nitrogen and oxygen atoms in total. The Bertz CT molecular complexity index is 187. The Hall–Kier alpha value is 0.01000. The van der Waals surface area contributed by atoms with Gasteiger partial charge in [0.2, 0.25) is 5.91 Å². The molecule has 0 radical (unpaired) electrons. The molecular formula is C6H14NO3PS. The average Bonchev–Trinajstić information content (AvgIpc) is 1.85. The highest BCUT2D eigenvalue weighted by atomic mass is 32.7. The van der Waals surface area contributed by atoms with Gasteiger partial charge < -0.3 is 4.52 Å². The van der Waals surface area contributed by atoms with E-state index in [1.807, 2.05) is 6.92 Å². The van der Waals surface area contributed by atoms with Crippen molar-refractivity contribution in [3.8, 4) is 0 Å². The molecule has 12 heavy (non-hydrogen) atoms. The van der Waals surface area contributed by atoms with Gasteiger partial charge in [0.1, 0.15) is 0 Å². The Labute approximate surface area is 76.7 Å². The second-order valence-electron chi connectivity index (χ2n) is 2.00. The molecule has 0 spiro atoms. The topological polar surface area (TPSA) is 55.4 Å². The van der Waals surface area contributed by atoms with Gasteiger partial charge in [-0.05, 0) is 18.3 Å². The van der Waals surface area contributed by atoms with Gasteiger partial charge in [-0.15, -0.1) is 0 Å². The lowest BCUT2D eigenvalue weighted by Gasteiger charge is -2.15. The lowest BCUT2D eigenvalue weighted by atomic mass is 10.8. The quantitative estimate of drug-likeness (QED) is 0.707. The van der Waals surface area contributed by atoms with Crippen LogP contribution in [0.25, 0.3) is 0 Å². The Morgan fingerprint density at radius 2 is 2.17 bits per heavy atom. The third-order valence-electron chi connectivity index (χ3n) is 0.892. The van der Waals surface area contributed by atoms with Crippen molar-refractivity contribution in [1.82, 2.24) is 5.09 Å². The minimum atomic E-state index is -2.96. The summed E-state index contributed by atoms with van der Waals surface area (Å²) >= 11 is 1.13. The summed E-state index contributed by atoms with van der Waals surface area (Å²) in [5.41, 5.74) is 0. The molecule has 0 aliphatic rings. The van der Waals surface area contributed by atoms with Gasteiger partial charge in [0.25, 0.3) is 0 Å². The summed E-state index contributed by atoms with van der Waals surface area (Å²) in [6, 6.07) is 0. The molecule has 0 aromatic rings. The zero-order valence-corrected chi connectivity index (χ0v) is 9.21. The predicted molar refractivity (Wildman–Crippen MR) is 51.2 cm³/mol. The van der Waals surface area contributed by atoms with Crippen LogP contribution in [0.2, 0.25) is 0 Å². The Morgan fingerprint density at radius 1 is 1.58 bits per heavy atom. The van der Waals surface area contributed by atoms with E-state index in [4.69, 9.17) is 4.52 Å². The van der Waals surface area contributed by atoms with Crippen molar-refractivity contribution in [3.63, 3.8) is 0 Å². The van der Waals surface area contributed by atoms with Crippen LogP contribution in [-0.2, 0) is 13.9 Å². The first kappa shape index (κ1) is 12.0. The number of carbonyl (C=O) groups excluding carboxylic acids is 1. The second-order valence-corrected chi connectivity index (χ2v) is 6.53. The third-order valence-corrected chi connectivity index (χ3v) is 5.06. The van der Waals surface area contributed by atoms with Crippen LogP contribution in [-0.4, -0.2) is 18.3 Å². The van der Waals surface area contributed by atoms with E-state index < -0.39 is 6.72 Å². The van der Waals surface area contributed by atoms with Crippen LogP contribution in [0.3, 0.4) is 0 Å². The largest absolute Gasteiger partial charge is 0.353 e. The summed E-state index contributed by atoms with van der Waals surface area (Å²) in [7, 11) is 0. The maximum absolute atomic E-state index is 11.6. The molecule has 0 fully saturated rings. The zero-order chi connectivity index (χ0) is 9.61. The molecule has 0 saturated heterocycles. The summed E-state index contributed by atoms with van der Waals surface area (Å²) in [5.74, 6) is 0.324. The van der Waals surface area contributed by atoms with E-state index in [0.717, 1.165) is 11.4 Å². The molecule has 1 amide bonds. The van der Waals surface area contributed by atoms with Crippen LogP contribution in [0.5, 0.6) is 0 Å². The van der Waals surface area contributed by atoms with Gasteiger partial charge in [-0.1, -0.05) is 6.92 Å². The van der Waals surface area contributed by atoms with Crippen molar-refractivity contribution in [1.29, 1.82) is 0 Å². The highest BCUT2D eigenvalue weighted by Gasteiger charge is 2.23. The van der Waals surface area contributed by atoms with Gasteiger partial charge in [0, 0.05) is 12.7 Å². The number of hydrogen-bond donors (Lipinski definition) is 1. The van der Waals surface area contributed by atoms with Crippen LogP contribution in [0.4, 0.5) is 0 Å². The van der Waals surface area contributed by atoms with E-state index >= 15 is 0 Å². The fourth-order valence-corrected chi connectivity index (χ4v) is 4.04. The standard InChI is InChI=1S/C6H14NO3PS/c1-4-10-11(9,12-5-2)7-6(3)8/h4-5H2,1-3H3,(H,7,8,9). The van der Waals surface area contributed by atoms with Gasteiger partial charge >= 0.3 is 6.72 Å². The van der Waals surface area contributed by atoms with E-state index in [-0.39, 0.29) is 5.91 Å². The Kier molecular flexibility index (Phi) is 5.63. The highest BCUT2D eigenvalue weighted by molar-refractivity contribution is 8.56. The molecule has 0 aliphatic heterocycles. The number of carbonyl (C=O) groups is 1. The van der Waals surface area contributed by atoms with Gasteiger partial charge in [0.05, 0.1) is 6.61 Å². The Balaban J connectivity index is 4.18. The molecule has 1 atom stereocenters. The van der Waals surface area contributed by atoms with E-state index in [1.165, 1.54) is 6.92 Å². The minimum Gasteiger partial charge on any atom is -0.306 e. The predicted octanol–water partition coefficient (Wildman–Crippen LogP) is 2.02. The molecule has 0 aromatic heterocycles. The van der Waals surface area contributed by atoms with E-state index in [9.17, 15) is 9.36 Å². The molecule has 0 rings (SSSR count). The first-order valence-electron chi connectivity index (χ1n) is 3.72. The second kappa shape index (κ2) is 5.62. The summed E-state index contributed by atoms with van der Waals surface area (Å²) in [6.07, 6.45) is 0. The number of amides is 1. The van der Waals surface area contributed by atoms with Gasteiger partial charge in [-0.3, -0.25) is 14.4 Å². The van der Waals surface area contributed by atoms with Crippen molar-refractivity contribution < 1.29 is 13.9 Å². The first-order chi connectivity index (χ1) is 5.54. The highest BCUT2D eigenvalue weighted by Crippen LogP contribution is 2.55. The normalized spacial score (nSPS) is 15.2. The van der Waals surface area contributed by atoms with E-state index in [0.29, 0.717) is 12.4 Å². The van der Waals surface area contributed by atoms with Crippen molar-refractivity contribution in [2.45, 2.75) is 20.8 Å². The van der Waals surface area contributed by atoms with E-state index in [1.54, 1.807) is 6.92 Å². The van der Waals surface area contributed by atoms with Crippen LogP contribution >= 0.6 is 18.1 Å². The summed E-state index contributed by atoms with van der Waals surface area (Å²) < 4.78 is 16.6. The Morgan fingerprint density at radius 3 is 2.50 bits per heavy atom. The molecule has 6 heteroatoms. The van der Waals surface area contributed by atoms with Crippen LogP contribution in [0.1, 0.15) is 20.8 Å². The molecule has 0 aliphatic carbocycles. The fraction of sp³-hybridized carbons (Fsp3) is 0.833. The zero-order valence-electron chi connectivity index (χ0n) is 7.49. The molecule has 1 unspecified atom stereocenters. The van der Waals surface area contributed by atoms with Crippen molar-refractivity contribution in [3.05, 3.63) is 0 Å². The summed E-state index contributed by atoms with van der Waals surface area (Å²) in [4.78, 5) is 10.6.